The number of amides is 1. The molecule has 0 aromatic heterocycles. The van der Waals surface area contributed by atoms with Crippen LogP contribution in [0.2, 0.25) is 0 Å². The average Bonchev–Trinajstić information content (AvgIpc) is 3.29. The lowest BCUT2D eigenvalue weighted by Gasteiger charge is -2.11. The van der Waals surface area contributed by atoms with Gasteiger partial charge in [-0.25, -0.2) is 8.78 Å². The number of benzene rings is 2. The standard InChI is InChI=1S/C17H15F2NO2/c18-13-8-4-7-11(15(13)19)12-9-14(12)20-17(22)16(21)10-5-2-1-3-6-10/h1-8,12,14,16,21H,9H2,(H,20,22)/t12-,14+,16-/m0/s1. The van der Waals surface area contributed by atoms with E-state index in [1.165, 1.54) is 12.1 Å². The highest BCUT2D eigenvalue weighted by molar-refractivity contribution is 5.82. The van der Waals surface area contributed by atoms with E-state index >= 15 is 0 Å². The summed E-state index contributed by atoms with van der Waals surface area (Å²) in [4.78, 5) is 12.0. The Hall–Kier alpha value is -2.27. The molecule has 3 atom stereocenters. The lowest BCUT2D eigenvalue weighted by Crippen LogP contribution is -2.31. The van der Waals surface area contributed by atoms with Crippen LogP contribution in [0, 0.1) is 11.6 Å². The van der Waals surface area contributed by atoms with Crippen LogP contribution in [0.5, 0.6) is 0 Å². The van der Waals surface area contributed by atoms with Gasteiger partial charge in [0.25, 0.3) is 5.91 Å². The highest BCUT2D eigenvalue weighted by Crippen LogP contribution is 2.42. The van der Waals surface area contributed by atoms with Crippen molar-refractivity contribution in [3.05, 3.63) is 71.3 Å². The third kappa shape index (κ3) is 2.85. The minimum absolute atomic E-state index is 0.248. The molecule has 0 aliphatic heterocycles. The normalized spacial score (nSPS) is 21.2. The number of rotatable bonds is 4. The molecule has 0 saturated heterocycles. The summed E-state index contributed by atoms with van der Waals surface area (Å²) in [6.45, 7) is 0. The molecule has 0 bridgehead atoms. The third-order valence-corrected chi connectivity index (χ3v) is 3.86. The summed E-state index contributed by atoms with van der Waals surface area (Å²) < 4.78 is 26.9. The fourth-order valence-electron chi connectivity index (χ4n) is 2.55. The van der Waals surface area contributed by atoms with Gasteiger partial charge in [0.2, 0.25) is 0 Å². The Balaban J connectivity index is 1.64. The lowest BCUT2D eigenvalue weighted by molar-refractivity contribution is -0.129. The van der Waals surface area contributed by atoms with E-state index < -0.39 is 23.6 Å². The zero-order chi connectivity index (χ0) is 15.7. The number of carbonyl (C=O) groups excluding carboxylic acids is 1. The van der Waals surface area contributed by atoms with Crippen LogP contribution in [0.25, 0.3) is 0 Å². The molecular formula is C17H15F2NO2. The molecule has 1 fully saturated rings. The summed E-state index contributed by atoms with van der Waals surface area (Å²) in [6.07, 6.45) is -0.729. The second-order valence-electron chi connectivity index (χ2n) is 5.41. The maximum Gasteiger partial charge on any atom is 0.253 e. The summed E-state index contributed by atoms with van der Waals surface area (Å²) in [5.74, 6) is -2.54. The fourth-order valence-corrected chi connectivity index (χ4v) is 2.55. The molecule has 2 aromatic rings. The van der Waals surface area contributed by atoms with Crippen molar-refractivity contribution in [1.29, 1.82) is 0 Å². The van der Waals surface area contributed by atoms with Crippen molar-refractivity contribution in [2.75, 3.05) is 0 Å². The van der Waals surface area contributed by atoms with E-state index in [1.54, 1.807) is 30.3 Å². The second-order valence-corrected chi connectivity index (χ2v) is 5.41. The topological polar surface area (TPSA) is 49.3 Å². The van der Waals surface area contributed by atoms with Gasteiger partial charge in [-0.15, -0.1) is 0 Å². The highest BCUT2D eigenvalue weighted by atomic mass is 19.2. The van der Waals surface area contributed by atoms with E-state index in [1.807, 2.05) is 0 Å². The van der Waals surface area contributed by atoms with E-state index in [0.29, 0.717) is 12.0 Å². The Bertz CT molecular complexity index is 690. The SMILES string of the molecule is O=C(N[C@@H]1C[C@H]1c1cccc(F)c1F)[C@@H](O)c1ccccc1. The molecule has 1 amide bonds. The van der Waals surface area contributed by atoms with Crippen LogP contribution in [0.15, 0.2) is 48.5 Å². The van der Waals surface area contributed by atoms with E-state index in [4.69, 9.17) is 0 Å². The van der Waals surface area contributed by atoms with Crippen LogP contribution in [0.3, 0.4) is 0 Å². The van der Waals surface area contributed by atoms with Gasteiger partial charge in [0.05, 0.1) is 0 Å². The molecule has 5 heteroatoms. The van der Waals surface area contributed by atoms with Gasteiger partial charge in [-0.2, -0.15) is 0 Å². The van der Waals surface area contributed by atoms with Gasteiger partial charge < -0.3 is 10.4 Å². The van der Waals surface area contributed by atoms with Crippen molar-refractivity contribution in [1.82, 2.24) is 5.32 Å². The smallest absolute Gasteiger partial charge is 0.253 e. The molecule has 1 aliphatic rings. The van der Waals surface area contributed by atoms with E-state index in [2.05, 4.69) is 5.32 Å². The Morgan fingerprint density at radius 1 is 1.14 bits per heavy atom. The summed E-state index contributed by atoms with van der Waals surface area (Å²) in [6, 6.07) is 12.3. The first-order chi connectivity index (χ1) is 10.6. The zero-order valence-electron chi connectivity index (χ0n) is 11.7. The first-order valence-electron chi connectivity index (χ1n) is 7.05. The average molecular weight is 303 g/mol. The van der Waals surface area contributed by atoms with Gasteiger partial charge in [-0.05, 0) is 23.6 Å². The van der Waals surface area contributed by atoms with Crippen LogP contribution in [0.4, 0.5) is 8.78 Å². The maximum atomic E-state index is 13.7. The van der Waals surface area contributed by atoms with Crippen molar-refractivity contribution in [2.24, 2.45) is 0 Å². The molecule has 0 heterocycles. The zero-order valence-corrected chi connectivity index (χ0v) is 11.7. The van der Waals surface area contributed by atoms with Gasteiger partial charge in [0, 0.05) is 12.0 Å². The van der Waals surface area contributed by atoms with Crippen molar-refractivity contribution < 1.29 is 18.7 Å². The van der Waals surface area contributed by atoms with Crippen molar-refractivity contribution >= 4 is 5.91 Å². The number of nitrogens with one attached hydrogen (secondary N) is 1. The van der Waals surface area contributed by atoms with E-state index in [0.717, 1.165) is 6.07 Å². The fraction of sp³-hybridized carbons (Fsp3) is 0.235. The van der Waals surface area contributed by atoms with Gasteiger partial charge in [-0.3, -0.25) is 4.79 Å². The predicted octanol–water partition coefficient (Wildman–Crippen LogP) is 2.67. The number of carbonyl (C=O) groups is 1. The molecule has 114 valence electrons. The van der Waals surface area contributed by atoms with Crippen LogP contribution >= 0.6 is 0 Å². The Labute approximate surface area is 126 Å². The molecule has 2 N–H and O–H groups in total. The molecule has 3 rings (SSSR count). The summed E-state index contributed by atoms with van der Waals surface area (Å²) in [7, 11) is 0. The molecule has 3 nitrogen and oxygen atoms in total. The van der Waals surface area contributed by atoms with Crippen molar-refractivity contribution in [2.45, 2.75) is 24.5 Å². The Kier molecular flexibility index (Phi) is 3.90. The Morgan fingerprint density at radius 2 is 1.86 bits per heavy atom. The molecule has 22 heavy (non-hydrogen) atoms. The van der Waals surface area contributed by atoms with Crippen molar-refractivity contribution in [3.63, 3.8) is 0 Å². The molecule has 0 radical (unpaired) electrons. The molecular weight excluding hydrogens is 288 g/mol. The van der Waals surface area contributed by atoms with Gasteiger partial charge >= 0.3 is 0 Å². The number of halogens is 2. The van der Waals surface area contributed by atoms with E-state index in [-0.39, 0.29) is 17.5 Å². The lowest BCUT2D eigenvalue weighted by atomic mass is 10.1. The molecule has 0 spiro atoms. The molecule has 0 unspecified atom stereocenters. The monoisotopic (exact) mass is 303 g/mol. The van der Waals surface area contributed by atoms with Crippen LogP contribution in [-0.2, 0) is 4.79 Å². The minimum Gasteiger partial charge on any atom is -0.378 e. The minimum atomic E-state index is -1.26. The summed E-state index contributed by atoms with van der Waals surface area (Å²) >= 11 is 0. The number of aliphatic hydroxyl groups excluding tert-OH is 1. The van der Waals surface area contributed by atoms with Crippen LogP contribution in [-0.4, -0.2) is 17.1 Å². The second kappa shape index (κ2) is 5.85. The first kappa shape index (κ1) is 14.7. The molecule has 1 saturated carbocycles. The first-order valence-corrected chi connectivity index (χ1v) is 7.05. The summed E-state index contributed by atoms with van der Waals surface area (Å²) in [5, 5.41) is 12.6. The van der Waals surface area contributed by atoms with Crippen molar-refractivity contribution in [3.8, 4) is 0 Å². The van der Waals surface area contributed by atoms with Gasteiger partial charge in [0.1, 0.15) is 0 Å². The quantitative estimate of drug-likeness (QED) is 0.912. The van der Waals surface area contributed by atoms with Gasteiger partial charge in [0.15, 0.2) is 17.7 Å². The number of hydrogen-bond acceptors (Lipinski definition) is 2. The predicted molar refractivity (Wildman–Crippen MR) is 77.0 cm³/mol. The largest absolute Gasteiger partial charge is 0.378 e. The van der Waals surface area contributed by atoms with Crippen LogP contribution in [0.1, 0.15) is 29.6 Å². The van der Waals surface area contributed by atoms with Gasteiger partial charge in [-0.1, -0.05) is 42.5 Å². The summed E-state index contributed by atoms with van der Waals surface area (Å²) in [5.41, 5.74) is 0.758. The maximum absolute atomic E-state index is 13.7. The molecule has 2 aromatic carbocycles. The Morgan fingerprint density at radius 3 is 2.59 bits per heavy atom. The molecule has 1 aliphatic carbocycles. The highest BCUT2D eigenvalue weighted by Gasteiger charge is 2.42. The van der Waals surface area contributed by atoms with Crippen LogP contribution < -0.4 is 5.32 Å². The van der Waals surface area contributed by atoms with E-state index in [9.17, 15) is 18.7 Å². The number of aliphatic hydroxyl groups is 1. The third-order valence-electron chi connectivity index (χ3n) is 3.86. The number of hydrogen-bond donors (Lipinski definition) is 2.